The lowest BCUT2D eigenvalue weighted by atomic mass is 9.55. The van der Waals surface area contributed by atoms with Crippen LogP contribution >= 0.6 is 24.0 Å². The van der Waals surface area contributed by atoms with Crippen molar-refractivity contribution in [3.8, 4) is 5.75 Å². The van der Waals surface area contributed by atoms with E-state index in [2.05, 4.69) is 53.3 Å². The van der Waals surface area contributed by atoms with Crippen molar-refractivity contribution in [1.82, 2.24) is 10.2 Å². The number of aliphatic imine (C=N–C) groups is 1. The maximum absolute atomic E-state index is 6.05. The van der Waals surface area contributed by atoms with Crippen molar-refractivity contribution in [1.29, 1.82) is 0 Å². The second-order valence-corrected chi connectivity index (χ2v) is 8.79. The normalized spacial score (nSPS) is 31.4. The number of benzene rings is 1. The Hall–Kier alpha value is -1.02. The van der Waals surface area contributed by atoms with Crippen LogP contribution in [0.2, 0.25) is 0 Å². The van der Waals surface area contributed by atoms with Gasteiger partial charge in [0, 0.05) is 50.0 Å². The minimum atomic E-state index is 0. The SMILES string of the molecule is CN=C(NC1C2CCCOC2C1(C)C)N1CCC(c2ccc(OC)cc2)C1.I. The third kappa shape index (κ3) is 3.86. The van der Waals surface area contributed by atoms with Gasteiger partial charge in [-0.05, 0) is 37.0 Å². The molecule has 6 heteroatoms. The van der Waals surface area contributed by atoms with Crippen LogP contribution in [-0.2, 0) is 4.74 Å². The summed E-state index contributed by atoms with van der Waals surface area (Å²) in [6, 6.07) is 8.96. The predicted molar refractivity (Wildman–Crippen MR) is 124 cm³/mol. The third-order valence-corrected chi connectivity index (χ3v) is 6.90. The zero-order chi connectivity index (χ0) is 19.0. The Bertz CT molecular complexity index is 692. The summed E-state index contributed by atoms with van der Waals surface area (Å²) < 4.78 is 11.3. The first kappa shape index (κ1) is 21.7. The minimum Gasteiger partial charge on any atom is -0.497 e. The molecule has 1 aromatic rings. The van der Waals surface area contributed by atoms with E-state index in [-0.39, 0.29) is 29.4 Å². The summed E-state index contributed by atoms with van der Waals surface area (Å²) in [7, 11) is 3.62. The van der Waals surface area contributed by atoms with Gasteiger partial charge >= 0.3 is 0 Å². The number of rotatable bonds is 3. The molecule has 1 N–H and O–H groups in total. The van der Waals surface area contributed by atoms with Crippen molar-refractivity contribution in [3.05, 3.63) is 29.8 Å². The molecular weight excluding hydrogens is 465 g/mol. The topological polar surface area (TPSA) is 46.1 Å². The summed E-state index contributed by atoms with van der Waals surface area (Å²) in [6.45, 7) is 7.64. The molecule has 4 unspecified atom stereocenters. The maximum atomic E-state index is 6.05. The first-order valence-corrected chi connectivity index (χ1v) is 10.3. The summed E-state index contributed by atoms with van der Waals surface area (Å²) in [5.41, 5.74) is 1.55. The van der Waals surface area contributed by atoms with Crippen molar-refractivity contribution in [2.45, 2.75) is 51.2 Å². The van der Waals surface area contributed by atoms with E-state index in [9.17, 15) is 0 Å². The Balaban J connectivity index is 0.00000225. The fourth-order valence-electron chi connectivity index (χ4n) is 5.35. The number of hydrogen-bond donors (Lipinski definition) is 1. The molecule has 3 fully saturated rings. The second-order valence-electron chi connectivity index (χ2n) is 8.79. The molecule has 4 atom stereocenters. The van der Waals surface area contributed by atoms with Crippen LogP contribution in [0, 0.1) is 11.3 Å². The van der Waals surface area contributed by atoms with Crippen LogP contribution in [0.15, 0.2) is 29.3 Å². The fraction of sp³-hybridized carbons (Fsp3) is 0.682. The van der Waals surface area contributed by atoms with E-state index in [1.807, 2.05) is 7.05 Å². The van der Waals surface area contributed by atoms with Crippen molar-refractivity contribution in [2.75, 3.05) is 33.9 Å². The Morgan fingerprint density at radius 3 is 2.68 bits per heavy atom. The summed E-state index contributed by atoms with van der Waals surface area (Å²) >= 11 is 0. The number of halogens is 1. The standard InChI is InChI=1S/C22H33N3O2.HI/c1-22(2)19(18-6-5-13-27-20(18)22)24-21(23-3)25-12-11-16(14-25)15-7-9-17(26-4)10-8-15;/h7-10,16,18-20H,5-6,11-14H2,1-4H3,(H,23,24);1H. The monoisotopic (exact) mass is 499 g/mol. The van der Waals surface area contributed by atoms with Gasteiger partial charge in [0.25, 0.3) is 0 Å². The summed E-state index contributed by atoms with van der Waals surface area (Å²) in [5, 5.41) is 3.80. The van der Waals surface area contributed by atoms with Gasteiger partial charge in [-0.25, -0.2) is 0 Å². The average molecular weight is 499 g/mol. The molecule has 0 amide bonds. The van der Waals surface area contributed by atoms with Gasteiger partial charge in [0.05, 0.1) is 13.2 Å². The number of likely N-dealkylation sites (tertiary alicyclic amines) is 1. The highest BCUT2D eigenvalue weighted by molar-refractivity contribution is 14.0. The smallest absolute Gasteiger partial charge is 0.193 e. The number of nitrogens with zero attached hydrogens (tertiary/aromatic N) is 2. The molecule has 5 nitrogen and oxygen atoms in total. The summed E-state index contributed by atoms with van der Waals surface area (Å²) in [6.07, 6.45) is 4.00. The largest absolute Gasteiger partial charge is 0.497 e. The summed E-state index contributed by atoms with van der Waals surface area (Å²) in [5.74, 6) is 3.13. The lowest BCUT2D eigenvalue weighted by molar-refractivity contribution is -0.188. The Morgan fingerprint density at radius 1 is 1.25 bits per heavy atom. The molecule has 0 spiro atoms. The molecular formula is C22H34IN3O2. The zero-order valence-corrected chi connectivity index (χ0v) is 19.8. The van der Waals surface area contributed by atoms with Gasteiger partial charge in [-0.15, -0.1) is 24.0 Å². The molecule has 4 rings (SSSR count). The van der Waals surface area contributed by atoms with Crippen molar-refractivity contribution >= 4 is 29.9 Å². The van der Waals surface area contributed by atoms with E-state index >= 15 is 0 Å². The number of nitrogens with one attached hydrogen (secondary N) is 1. The number of hydrogen-bond acceptors (Lipinski definition) is 3. The van der Waals surface area contributed by atoms with Crippen LogP contribution in [-0.4, -0.2) is 56.9 Å². The molecule has 3 aliphatic rings. The van der Waals surface area contributed by atoms with Crippen LogP contribution in [0.3, 0.4) is 0 Å². The lowest BCUT2D eigenvalue weighted by Crippen LogP contribution is -2.71. The third-order valence-electron chi connectivity index (χ3n) is 6.90. The molecule has 1 aromatic carbocycles. The van der Waals surface area contributed by atoms with Crippen LogP contribution in [0.1, 0.15) is 44.6 Å². The van der Waals surface area contributed by atoms with E-state index in [0.29, 0.717) is 24.0 Å². The summed E-state index contributed by atoms with van der Waals surface area (Å²) in [4.78, 5) is 7.04. The van der Waals surface area contributed by atoms with Crippen molar-refractivity contribution in [3.63, 3.8) is 0 Å². The maximum Gasteiger partial charge on any atom is 0.193 e. The predicted octanol–water partition coefficient (Wildman–Crippen LogP) is 3.88. The molecule has 0 radical (unpaired) electrons. The van der Waals surface area contributed by atoms with Gasteiger partial charge in [-0.2, -0.15) is 0 Å². The average Bonchev–Trinajstić information content (AvgIpc) is 3.18. The molecule has 0 aromatic heterocycles. The van der Waals surface area contributed by atoms with Crippen LogP contribution in [0.5, 0.6) is 5.75 Å². The Morgan fingerprint density at radius 2 is 2.00 bits per heavy atom. The first-order valence-electron chi connectivity index (χ1n) is 10.3. The molecule has 1 aliphatic carbocycles. The minimum absolute atomic E-state index is 0. The molecule has 28 heavy (non-hydrogen) atoms. The molecule has 0 bridgehead atoms. The van der Waals surface area contributed by atoms with Gasteiger partial charge in [-0.1, -0.05) is 26.0 Å². The highest BCUT2D eigenvalue weighted by atomic mass is 127. The van der Waals surface area contributed by atoms with E-state index in [1.54, 1.807) is 7.11 Å². The number of fused-ring (bicyclic) bond motifs is 1. The van der Waals surface area contributed by atoms with Gasteiger partial charge in [0.2, 0.25) is 0 Å². The molecule has 2 heterocycles. The van der Waals surface area contributed by atoms with Gasteiger partial charge in [0.1, 0.15) is 5.75 Å². The highest BCUT2D eigenvalue weighted by Crippen LogP contribution is 2.51. The van der Waals surface area contributed by atoms with Crippen LogP contribution in [0.4, 0.5) is 0 Å². The molecule has 156 valence electrons. The first-order chi connectivity index (χ1) is 13.0. The lowest BCUT2D eigenvalue weighted by Gasteiger charge is -2.60. The van der Waals surface area contributed by atoms with E-state index in [1.165, 1.54) is 18.4 Å². The van der Waals surface area contributed by atoms with E-state index in [4.69, 9.17) is 9.47 Å². The van der Waals surface area contributed by atoms with Crippen molar-refractivity contribution < 1.29 is 9.47 Å². The van der Waals surface area contributed by atoms with E-state index < -0.39 is 0 Å². The highest BCUT2D eigenvalue weighted by Gasteiger charge is 2.58. The van der Waals surface area contributed by atoms with Crippen LogP contribution < -0.4 is 10.1 Å². The number of guanidine groups is 1. The van der Waals surface area contributed by atoms with Gasteiger partial charge in [-0.3, -0.25) is 4.99 Å². The fourth-order valence-corrected chi connectivity index (χ4v) is 5.35. The Kier molecular flexibility index (Phi) is 6.80. The van der Waals surface area contributed by atoms with Crippen LogP contribution in [0.25, 0.3) is 0 Å². The second kappa shape index (κ2) is 8.78. The number of methoxy groups -OCH3 is 1. The molecule has 2 saturated heterocycles. The van der Waals surface area contributed by atoms with Gasteiger partial charge < -0.3 is 19.7 Å². The zero-order valence-electron chi connectivity index (χ0n) is 17.5. The molecule has 1 saturated carbocycles. The van der Waals surface area contributed by atoms with E-state index in [0.717, 1.165) is 37.8 Å². The molecule has 2 aliphatic heterocycles. The Labute approximate surface area is 186 Å². The van der Waals surface area contributed by atoms with Crippen molar-refractivity contribution in [2.24, 2.45) is 16.3 Å². The number of ether oxygens (including phenoxy) is 2. The van der Waals surface area contributed by atoms with Gasteiger partial charge in [0.15, 0.2) is 5.96 Å². The quantitative estimate of drug-likeness (QED) is 0.390.